The summed E-state index contributed by atoms with van der Waals surface area (Å²) in [7, 11) is 0. The summed E-state index contributed by atoms with van der Waals surface area (Å²) in [6, 6.07) is 15.1. The Balaban J connectivity index is 1.56. The highest BCUT2D eigenvalue weighted by atomic mass is 32.1. The first kappa shape index (κ1) is 18.0. The minimum atomic E-state index is -4.71. The van der Waals surface area contributed by atoms with Gasteiger partial charge < -0.3 is 10.1 Å². The first-order valence-electron chi connectivity index (χ1n) is 7.73. The van der Waals surface area contributed by atoms with Crippen molar-refractivity contribution in [1.82, 2.24) is 5.43 Å². The van der Waals surface area contributed by atoms with Gasteiger partial charge in [-0.3, -0.25) is 10.4 Å². The lowest BCUT2D eigenvalue weighted by atomic mass is 10.3. The zero-order valence-corrected chi connectivity index (χ0v) is 14.3. The Morgan fingerprint density at radius 1 is 1.12 bits per heavy atom. The number of benzene rings is 2. The van der Waals surface area contributed by atoms with Crippen LogP contribution in [0.2, 0.25) is 0 Å². The van der Waals surface area contributed by atoms with Gasteiger partial charge in [0.15, 0.2) is 5.11 Å². The third-order valence-electron chi connectivity index (χ3n) is 3.48. The molecule has 0 aromatic heterocycles. The maximum absolute atomic E-state index is 12.1. The first-order valence-corrected chi connectivity index (χ1v) is 8.13. The number of thiocarbonyl (C=S) groups is 1. The quantitative estimate of drug-likeness (QED) is 0.786. The van der Waals surface area contributed by atoms with Crippen molar-refractivity contribution in [2.45, 2.75) is 12.8 Å². The fourth-order valence-electron chi connectivity index (χ4n) is 2.38. The van der Waals surface area contributed by atoms with Crippen molar-refractivity contribution in [2.75, 3.05) is 16.9 Å². The second-order valence-electron chi connectivity index (χ2n) is 5.41. The van der Waals surface area contributed by atoms with Crippen molar-refractivity contribution in [3.63, 3.8) is 0 Å². The van der Waals surface area contributed by atoms with Crippen molar-refractivity contribution < 1.29 is 17.9 Å². The molecule has 0 bridgehead atoms. The van der Waals surface area contributed by atoms with Crippen LogP contribution in [0.1, 0.15) is 6.42 Å². The summed E-state index contributed by atoms with van der Waals surface area (Å²) in [6.45, 7) is 0.759. The van der Waals surface area contributed by atoms with E-state index in [1.54, 1.807) is 0 Å². The molecule has 0 atom stereocenters. The molecule has 2 N–H and O–H groups in total. The van der Waals surface area contributed by atoms with Crippen LogP contribution < -0.4 is 20.5 Å². The maximum atomic E-state index is 12.1. The van der Waals surface area contributed by atoms with Crippen LogP contribution in [0.3, 0.4) is 0 Å². The van der Waals surface area contributed by atoms with E-state index in [2.05, 4.69) is 20.5 Å². The molecule has 1 aliphatic rings. The Morgan fingerprint density at radius 2 is 1.81 bits per heavy atom. The number of para-hydroxylation sites is 1. The molecule has 1 heterocycles. The molecule has 0 unspecified atom stereocenters. The normalized spacial score (nSPS) is 15.7. The third-order valence-corrected chi connectivity index (χ3v) is 3.67. The second kappa shape index (κ2) is 7.61. The Labute approximate surface area is 153 Å². The van der Waals surface area contributed by atoms with Gasteiger partial charge in [0.1, 0.15) is 11.6 Å². The Morgan fingerprint density at radius 3 is 2.46 bits per heavy atom. The summed E-state index contributed by atoms with van der Waals surface area (Å²) in [5.41, 5.74) is 4.71. The van der Waals surface area contributed by atoms with E-state index >= 15 is 0 Å². The number of nitrogens with zero attached hydrogens (tertiary/aromatic N) is 2. The largest absolute Gasteiger partial charge is 0.573 e. The highest BCUT2D eigenvalue weighted by molar-refractivity contribution is 7.80. The van der Waals surface area contributed by atoms with Gasteiger partial charge in [0.2, 0.25) is 0 Å². The van der Waals surface area contributed by atoms with Crippen molar-refractivity contribution in [1.29, 1.82) is 0 Å². The number of anilines is 2. The molecule has 0 aliphatic carbocycles. The van der Waals surface area contributed by atoms with Crippen molar-refractivity contribution in [3.05, 3.63) is 54.6 Å². The van der Waals surface area contributed by atoms with E-state index in [0.717, 1.165) is 12.2 Å². The summed E-state index contributed by atoms with van der Waals surface area (Å²) in [4.78, 5) is 4.30. The third kappa shape index (κ3) is 5.09. The molecule has 2 aromatic rings. The molecule has 1 saturated heterocycles. The zero-order valence-electron chi connectivity index (χ0n) is 13.5. The molecule has 136 valence electrons. The number of nitrogens with one attached hydrogen (secondary N) is 2. The van der Waals surface area contributed by atoms with Crippen molar-refractivity contribution in [3.8, 4) is 5.75 Å². The van der Waals surface area contributed by atoms with E-state index in [9.17, 15) is 13.2 Å². The molecule has 3 rings (SSSR count). The van der Waals surface area contributed by atoms with Gasteiger partial charge in [-0.25, -0.2) is 4.99 Å². The van der Waals surface area contributed by atoms with Crippen molar-refractivity contribution in [2.24, 2.45) is 4.99 Å². The lowest BCUT2D eigenvalue weighted by molar-refractivity contribution is -0.274. The maximum Gasteiger partial charge on any atom is 0.573 e. The van der Waals surface area contributed by atoms with Crippen LogP contribution in [-0.4, -0.2) is 23.9 Å². The van der Waals surface area contributed by atoms with Crippen LogP contribution >= 0.6 is 12.2 Å². The molecular formula is C17H15F3N4OS. The van der Waals surface area contributed by atoms with Gasteiger partial charge in [-0.1, -0.05) is 18.2 Å². The van der Waals surface area contributed by atoms with Gasteiger partial charge in [0.25, 0.3) is 0 Å². The summed E-state index contributed by atoms with van der Waals surface area (Å²) >= 11 is 5.18. The molecule has 26 heavy (non-hydrogen) atoms. The van der Waals surface area contributed by atoms with Gasteiger partial charge in [-0.2, -0.15) is 0 Å². The number of hydrogen-bond acceptors (Lipinski definition) is 3. The molecule has 9 heteroatoms. The van der Waals surface area contributed by atoms with Crippen LogP contribution in [0.5, 0.6) is 5.75 Å². The monoisotopic (exact) mass is 380 g/mol. The SMILES string of the molecule is FC(F)(F)Oc1ccc(NC(=S)/N=C2\CCN(c3ccccc3)N2)cc1. The minimum absolute atomic E-state index is 0.215. The van der Waals surface area contributed by atoms with E-state index in [0.29, 0.717) is 17.9 Å². The van der Waals surface area contributed by atoms with E-state index in [-0.39, 0.29) is 10.9 Å². The molecule has 0 saturated carbocycles. The van der Waals surface area contributed by atoms with Crippen LogP contribution in [0, 0.1) is 0 Å². The predicted octanol–water partition coefficient (Wildman–Crippen LogP) is 4.10. The number of halogens is 3. The predicted molar refractivity (Wildman–Crippen MR) is 98.3 cm³/mol. The highest BCUT2D eigenvalue weighted by Crippen LogP contribution is 2.24. The summed E-state index contributed by atoms with van der Waals surface area (Å²) in [6.07, 6.45) is -4.01. The standard InChI is InChI=1S/C17H15F3N4OS/c18-17(19,20)25-14-8-6-12(7-9-14)21-16(26)22-15-10-11-24(23-15)13-4-2-1-3-5-13/h1-9H,10-11H2,(H2,21,22,23,26). The Hall–Kier alpha value is -2.81. The number of aliphatic imine (C=N–C) groups is 1. The number of hydrazine groups is 1. The van der Waals surface area contributed by atoms with Gasteiger partial charge in [-0.15, -0.1) is 13.2 Å². The Kier molecular flexibility index (Phi) is 5.27. The lowest BCUT2D eigenvalue weighted by Crippen LogP contribution is -2.33. The molecule has 5 nitrogen and oxygen atoms in total. The number of rotatable bonds is 3. The molecule has 2 aromatic carbocycles. The molecule has 0 spiro atoms. The summed E-state index contributed by atoms with van der Waals surface area (Å²) in [5.74, 6) is 0.416. The molecule has 1 fully saturated rings. The van der Waals surface area contributed by atoms with Gasteiger partial charge in [0, 0.05) is 18.7 Å². The van der Waals surface area contributed by atoms with Crippen LogP contribution in [0.25, 0.3) is 0 Å². The number of hydrogen-bond donors (Lipinski definition) is 2. The van der Waals surface area contributed by atoms with Gasteiger partial charge >= 0.3 is 6.36 Å². The molecular weight excluding hydrogens is 365 g/mol. The van der Waals surface area contributed by atoms with Crippen molar-refractivity contribution >= 4 is 34.5 Å². The van der Waals surface area contributed by atoms with Crippen LogP contribution in [0.4, 0.5) is 24.5 Å². The van der Waals surface area contributed by atoms with E-state index < -0.39 is 6.36 Å². The van der Waals surface area contributed by atoms with Gasteiger partial charge in [-0.05, 0) is 48.6 Å². The first-order chi connectivity index (χ1) is 12.4. The van der Waals surface area contributed by atoms with E-state index in [1.807, 2.05) is 35.3 Å². The summed E-state index contributed by atoms with van der Waals surface area (Å²) in [5, 5.41) is 5.04. The fraction of sp³-hybridized carbons (Fsp3) is 0.176. The smallest absolute Gasteiger partial charge is 0.406 e. The minimum Gasteiger partial charge on any atom is -0.406 e. The van der Waals surface area contributed by atoms with E-state index in [1.165, 1.54) is 24.3 Å². The second-order valence-corrected chi connectivity index (χ2v) is 5.80. The zero-order chi connectivity index (χ0) is 18.6. The molecule has 1 aliphatic heterocycles. The number of alkyl halides is 3. The topological polar surface area (TPSA) is 48.9 Å². The fourth-order valence-corrected chi connectivity index (χ4v) is 2.61. The lowest BCUT2D eigenvalue weighted by Gasteiger charge is -2.17. The number of ether oxygens (including phenoxy) is 1. The van der Waals surface area contributed by atoms with Gasteiger partial charge in [0.05, 0.1) is 5.69 Å². The summed E-state index contributed by atoms with van der Waals surface area (Å²) < 4.78 is 40.3. The van der Waals surface area contributed by atoms with E-state index in [4.69, 9.17) is 12.2 Å². The highest BCUT2D eigenvalue weighted by Gasteiger charge is 2.30. The average Bonchev–Trinajstić information content (AvgIpc) is 3.04. The Bertz CT molecular complexity index is 794. The number of amidine groups is 1. The molecule has 0 amide bonds. The van der Waals surface area contributed by atoms with Crippen LogP contribution in [0.15, 0.2) is 59.6 Å². The average molecular weight is 380 g/mol. The van der Waals surface area contributed by atoms with Crippen LogP contribution in [-0.2, 0) is 0 Å². The molecule has 0 radical (unpaired) electrons.